The summed E-state index contributed by atoms with van der Waals surface area (Å²) in [7, 11) is 0. The van der Waals surface area contributed by atoms with Crippen molar-refractivity contribution in [3.8, 4) is 0 Å². The van der Waals surface area contributed by atoms with Gasteiger partial charge in [-0.1, -0.05) is 13.3 Å². The standard InChI is InChI=1S/C11H18N4O4/c1-3-4-9(11(16)17)12-5-6-14-8(2)13-7-10(14)15(18)19/h7,9,12H,3-6H2,1-2H3,(H,16,17). The van der Waals surface area contributed by atoms with E-state index in [1.54, 1.807) is 6.92 Å². The molecule has 1 aromatic heterocycles. The summed E-state index contributed by atoms with van der Waals surface area (Å²) in [5, 5.41) is 22.6. The predicted molar refractivity (Wildman–Crippen MR) is 68.0 cm³/mol. The molecule has 8 nitrogen and oxygen atoms in total. The monoisotopic (exact) mass is 270 g/mol. The van der Waals surface area contributed by atoms with Crippen molar-refractivity contribution in [1.29, 1.82) is 0 Å². The molecule has 1 heterocycles. The van der Waals surface area contributed by atoms with E-state index in [9.17, 15) is 14.9 Å². The van der Waals surface area contributed by atoms with E-state index >= 15 is 0 Å². The first-order valence-corrected chi connectivity index (χ1v) is 6.10. The fraction of sp³-hybridized carbons (Fsp3) is 0.636. The molecule has 0 radical (unpaired) electrons. The van der Waals surface area contributed by atoms with Gasteiger partial charge in [-0.25, -0.2) is 9.55 Å². The van der Waals surface area contributed by atoms with Crippen LogP contribution >= 0.6 is 0 Å². The second-order valence-corrected chi connectivity index (χ2v) is 4.21. The van der Waals surface area contributed by atoms with E-state index in [1.165, 1.54) is 10.8 Å². The number of nitrogens with zero attached hydrogens (tertiary/aromatic N) is 3. The van der Waals surface area contributed by atoms with Crippen LogP contribution in [0.25, 0.3) is 0 Å². The molecular formula is C11H18N4O4. The lowest BCUT2D eigenvalue weighted by Crippen LogP contribution is -2.38. The predicted octanol–water partition coefficient (Wildman–Crippen LogP) is 0.943. The number of carboxylic acids is 1. The molecule has 106 valence electrons. The second kappa shape index (κ2) is 6.83. The smallest absolute Gasteiger partial charge is 0.342 e. The number of nitrogens with one attached hydrogen (secondary N) is 1. The minimum Gasteiger partial charge on any atom is -0.480 e. The maximum absolute atomic E-state index is 10.9. The van der Waals surface area contributed by atoms with Crippen LogP contribution in [0.3, 0.4) is 0 Å². The Bertz CT molecular complexity index is 458. The molecule has 0 aromatic carbocycles. The van der Waals surface area contributed by atoms with Gasteiger partial charge in [0.15, 0.2) is 5.82 Å². The SMILES string of the molecule is CCCC(NCCn1c([N+](=O)[O-])cnc1C)C(=O)O. The van der Waals surface area contributed by atoms with Gasteiger partial charge in [0.25, 0.3) is 0 Å². The lowest BCUT2D eigenvalue weighted by molar-refractivity contribution is -0.392. The molecule has 0 aliphatic heterocycles. The van der Waals surface area contributed by atoms with Crippen molar-refractivity contribution >= 4 is 11.8 Å². The van der Waals surface area contributed by atoms with Crippen LogP contribution in [0.1, 0.15) is 25.6 Å². The van der Waals surface area contributed by atoms with E-state index in [0.717, 1.165) is 6.42 Å². The van der Waals surface area contributed by atoms with Gasteiger partial charge in [0.2, 0.25) is 0 Å². The molecule has 2 N–H and O–H groups in total. The van der Waals surface area contributed by atoms with E-state index in [1.807, 2.05) is 6.92 Å². The molecular weight excluding hydrogens is 252 g/mol. The quantitative estimate of drug-likeness (QED) is 0.537. The number of aryl methyl sites for hydroxylation is 1. The Morgan fingerprint density at radius 2 is 2.37 bits per heavy atom. The number of imidazole rings is 1. The molecule has 0 aliphatic carbocycles. The van der Waals surface area contributed by atoms with Gasteiger partial charge in [0.1, 0.15) is 18.8 Å². The van der Waals surface area contributed by atoms with E-state index in [0.29, 0.717) is 25.3 Å². The van der Waals surface area contributed by atoms with Crippen molar-refractivity contribution in [2.75, 3.05) is 6.54 Å². The van der Waals surface area contributed by atoms with E-state index < -0.39 is 16.9 Å². The number of carboxylic acid groups (broad SMARTS) is 1. The minimum atomic E-state index is -0.904. The van der Waals surface area contributed by atoms with Crippen molar-refractivity contribution in [1.82, 2.24) is 14.9 Å². The molecule has 1 rings (SSSR count). The van der Waals surface area contributed by atoms with Gasteiger partial charge in [-0.2, -0.15) is 0 Å². The van der Waals surface area contributed by atoms with Crippen LogP contribution in [-0.2, 0) is 11.3 Å². The molecule has 0 saturated carbocycles. The number of aliphatic carboxylic acids is 1. The Hall–Kier alpha value is -1.96. The van der Waals surface area contributed by atoms with Crippen LogP contribution in [-0.4, -0.2) is 38.1 Å². The zero-order valence-electron chi connectivity index (χ0n) is 11.0. The van der Waals surface area contributed by atoms with Gasteiger partial charge in [0.05, 0.1) is 0 Å². The highest BCUT2D eigenvalue weighted by Gasteiger charge is 2.19. The van der Waals surface area contributed by atoms with Crippen LogP contribution in [0, 0.1) is 17.0 Å². The summed E-state index contributed by atoms with van der Waals surface area (Å²) >= 11 is 0. The summed E-state index contributed by atoms with van der Waals surface area (Å²) < 4.78 is 1.46. The molecule has 0 spiro atoms. The number of aromatic nitrogens is 2. The Balaban J connectivity index is 2.59. The summed E-state index contributed by atoms with van der Waals surface area (Å²) in [4.78, 5) is 25.1. The van der Waals surface area contributed by atoms with E-state index in [4.69, 9.17) is 5.11 Å². The summed E-state index contributed by atoms with van der Waals surface area (Å²) in [6, 6.07) is -0.618. The maximum atomic E-state index is 10.9. The summed E-state index contributed by atoms with van der Waals surface area (Å²) in [6.45, 7) is 4.24. The number of rotatable bonds is 8. The molecule has 0 bridgehead atoms. The van der Waals surface area contributed by atoms with E-state index in [-0.39, 0.29) is 5.82 Å². The molecule has 8 heteroatoms. The molecule has 1 unspecified atom stereocenters. The Morgan fingerprint density at radius 3 is 2.89 bits per heavy atom. The fourth-order valence-electron chi connectivity index (χ4n) is 1.83. The van der Waals surface area contributed by atoms with Crippen LogP contribution < -0.4 is 5.32 Å². The zero-order chi connectivity index (χ0) is 14.4. The van der Waals surface area contributed by atoms with Gasteiger partial charge < -0.3 is 20.5 Å². The molecule has 0 fully saturated rings. The molecule has 0 aliphatic rings. The minimum absolute atomic E-state index is 0.0818. The lowest BCUT2D eigenvalue weighted by Gasteiger charge is -2.12. The van der Waals surface area contributed by atoms with Crippen molar-refractivity contribution in [2.45, 2.75) is 39.3 Å². The first kappa shape index (κ1) is 15.1. The van der Waals surface area contributed by atoms with Gasteiger partial charge in [-0.3, -0.25) is 4.79 Å². The molecule has 1 atom stereocenters. The maximum Gasteiger partial charge on any atom is 0.342 e. The lowest BCUT2D eigenvalue weighted by atomic mass is 10.2. The highest BCUT2D eigenvalue weighted by Crippen LogP contribution is 2.12. The van der Waals surface area contributed by atoms with Crippen molar-refractivity contribution < 1.29 is 14.8 Å². The normalized spacial score (nSPS) is 12.3. The molecule has 0 amide bonds. The van der Waals surface area contributed by atoms with Gasteiger partial charge in [-0.05, 0) is 11.3 Å². The molecule has 19 heavy (non-hydrogen) atoms. The first-order valence-electron chi connectivity index (χ1n) is 6.10. The number of carbonyl (C=O) groups is 1. The Kier molecular flexibility index (Phi) is 5.43. The second-order valence-electron chi connectivity index (χ2n) is 4.21. The third kappa shape index (κ3) is 4.02. The van der Waals surface area contributed by atoms with Crippen molar-refractivity contribution in [3.63, 3.8) is 0 Å². The van der Waals surface area contributed by atoms with Crippen LogP contribution in [0.15, 0.2) is 6.20 Å². The number of hydrogen-bond acceptors (Lipinski definition) is 5. The summed E-state index contributed by atoms with van der Waals surface area (Å²) in [5.74, 6) is -0.448. The number of nitro groups is 1. The third-order valence-electron chi connectivity index (χ3n) is 2.82. The average Bonchev–Trinajstić information content (AvgIpc) is 2.70. The van der Waals surface area contributed by atoms with Crippen LogP contribution in [0.2, 0.25) is 0 Å². The Morgan fingerprint density at radius 1 is 1.68 bits per heavy atom. The topological polar surface area (TPSA) is 110 Å². The van der Waals surface area contributed by atoms with Gasteiger partial charge in [-0.15, -0.1) is 0 Å². The van der Waals surface area contributed by atoms with E-state index in [2.05, 4.69) is 10.3 Å². The third-order valence-corrected chi connectivity index (χ3v) is 2.82. The largest absolute Gasteiger partial charge is 0.480 e. The highest BCUT2D eigenvalue weighted by atomic mass is 16.6. The highest BCUT2D eigenvalue weighted by molar-refractivity contribution is 5.73. The van der Waals surface area contributed by atoms with Crippen molar-refractivity contribution in [2.24, 2.45) is 0 Å². The zero-order valence-corrected chi connectivity index (χ0v) is 11.0. The van der Waals surface area contributed by atoms with Crippen LogP contribution in [0.5, 0.6) is 0 Å². The molecule has 1 aromatic rings. The summed E-state index contributed by atoms with van der Waals surface area (Å²) in [6.07, 6.45) is 2.49. The molecule has 0 saturated heterocycles. The van der Waals surface area contributed by atoms with Gasteiger partial charge in [0, 0.05) is 13.5 Å². The summed E-state index contributed by atoms with van der Waals surface area (Å²) in [5.41, 5.74) is 0. The average molecular weight is 270 g/mol. The van der Waals surface area contributed by atoms with Crippen LogP contribution in [0.4, 0.5) is 5.82 Å². The fourth-order valence-corrected chi connectivity index (χ4v) is 1.83. The van der Waals surface area contributed by atoms with Gasteiger partial charge >= 0.3 is 11.8 Å². The number of hydrogen-bond donors (Lipinski definition) is 2. The first-order chi connectivity index (χ1) is 8.97. The van der Waals surface area contributed by atoms with Crippen molar-refractivity contribution in [3.05, 3.63) is 22.1 Å². The Labute approximate surface area is 110 Å².